The lowest BCUT2D eigenvalue weighted by Gasteiger charge is -2.15. The number of carbonyl (C=O) groups is 2. The van der Waals surface area contributed by atoms with Crippen molar-refractivity contribution in [3.63, 3.8) is 0 Å². The van der Waals surface area contributed by atoms with Crippen molar-refractivity contribution >= 4 is 11.9 Å². The molecule has 5 nitrogen and oxygen atoms in total. The van der Waals surface area contributed by atoms with Crippen LogP contribution in [0.4, 0.5) is 0 Å². The van der Waals surface area contributed by atoms with Crippen LogP contribution in [-0.4, -0.2) is 36.4 Å². The summed E-state index contributed by atoms with van der Waals surface area (Å²) in [6.45, 7) is 4.00. The highest BCUT2D eigenvalue weighted by Crippen LogP contribution is 2.13. The summed E-state index contributed by atoms with van der Waals surface area (Å²) < 4.78 is 10.6. The molecule has 0 aliphatic carbocycles. The van der Waals surface area contributed by atoms with E-state index in [1.54, 1.807) is 0 Å². The Balaban J connectivity index is 3.59. The van der Waals surface area contributed by atoms with Crippen LogP contribution in [0.15, 0.2) is 48.6 Å². The molecule has 0 aromatic rings. The number of hydrogen-bond acceptors (Lipinski definition) is 5. The molecule has 0 heterocycles. The molecule has 0 fully saturated rings. The van der Waals surface area contributed by atoms with Gasteiger partial charge in [0.05, 0.1) is 6.61 Å². The quantitative estimate of drug-likeness (QED) is 0.0429. The number of aliphatic hydroxyl groups is 1. The highest BCUT2D eigenvalue weighted by atomic mass is 16.6. The first-order valence-corrected chi connectivity index (χ1v) is 19.2. The lowest BCUT2D eigenvalue weighted by atomic mass is 10.1. The largest absolute Gasteiger partial charge is 0.462 e. The summed E-state index contributed by atoms with van der Waals surface area (Å²) in [6, 6.07) is 0. The molecule has 0 aliphatic heterocycles. The average Bonchev–Trinajstić information content (AvgIpc) is 3.06. The van der Waals surface area contributed by atoms with Gasteiger partial charge in [-0.25, -0.2) is 0 Å². The third-order valence-corrected chi connectivity index (χ3v) is 8.11. The zero-order valence-electron chi connectivity index (χ0n) is 30.1. The van der Waals surface area contributed by atoms with Gasteiger partial charge in [-0.05, 0) is 70.6 Å². The first kappa shape index (κ1) is 43.9. The Labute approximate surface area is 284 Å². The SMILES string of the molecule is CC/C=C/C/C=C/C/C=C/CCCCCCCC(=O)OC[C@H](CO)OC(=O)CCCCCCCCC/C=C/CCCCCCCC. The van der Waals surface area contributed by atoms with Gasteiger partial charge in [-0.3, -0.25) is 9.59 Å². The van der Waals surface area contributed by atoms with Gasteiger partial charge in [0.2, 0.25) is 0 Å². The van der Waals surface area contributed by atoms with E-state index < -0.39 is 6.10 Å². The number of ether oxygens (including phenoxy) is 2. The number of aliphatic hydroxyl groups excluding tert-OH is 1. The molecule has 0 aromatic carbocycles. The van der Waals surface area contributed by atoms with E-state index in [1.807, 2.05) is 0 Å². The highest BCUT2D eigenvalue weighted by molar-refractivity contribution is 5.70. The minimum Gasteiger partial charge on any atom is -0.462 e. The summed E-state index contributed by atoms with van der Waals surface area (Å²) in [6.07, 6.45) is 45.9. The molecule has 0 amide bonds. The lowest BCUT2D eigenvalue weighted by Crippen LogP contribution is -2.28. The van der Waals surface area contributed by atoms with Crippen LogP contribution in [0.5, 0.6) is 0 Å². The molecular weight excluding hydrogens is 572 g/mol. The summed E-state index contributed by atoms with van der Waals surface area (Å²) in [5.74, 6) is -0.617. The minimum absolute atomic E-state index is 0.0771. The Morgan fingerprint density at radius 1 is 0.522 bits per heavy atom. The molecule has 0 aromatic heterocycles. The van der Waals surface area contributed by atoms with Crippen molar-refractivity contribution in [2.24, 2.45) is 0 Å². The Hall–Kier alpha value is -2.14. The van der Waals surface area contributed by atoms with E-state index >= 15 is 0 Å². The van der Waals surface area contributed by atoms with Crippen molar-refractivity contribution in [3.05, 3.63) is 48.6 Å². The zero-order valence-corrected chi connectivity index (χ0v) is 30.1. The summed E-state index contributed by atoms with van der Waals surface area (Å²) in [5.41, 5.74) is 0. The molecular formula is C41H72O5. The second-order valence-corrected chi connectivity index (χ2v) is 12.6. The second kappa shape index (κ2) is 37.3. The smallest absolute Gasteiger partial charge is 0.306 e. The zero-order chi connectivity index (χ0) is 33.6. The van der Waals surface area contributed by atoms with Gasteiger partial charge in [0.1, 0.15) is 6.61 Å². The number of hydrogen-bond donors (Lipinski definition) is 1. The minimum atomic E-state index is -0.780. The molecule has 46 heavy (non-hydrogen) atoms. The summed E-state index contributed by atoms with van der Waals surface area (Å²) in [5, 5.41) is 9.54. The third-order valence-electron chi connectivity index (χ3n) is 8.11. The molecule has 0 saturated heterocycles. The first-order chi connectivity index (χ1) is 22.6. The molecule has 0 radical (unpaired) electrons. The molecule has 5 heteroatoms. The molecule has 0 unspecified atom stereocenters. The number of esters is 2. The van der Waals surface area contributed by atoms with Crippen molar-refractivity contribution in [3.8, 4) is 0 Å². The first-order valence-electron chi connectivity index (χ1n) is 19.2. The number of carbonyl (C=O) groups excluding carboxylic acids is 2. The van der Waals surface area contributed by atoms with E-state index in [2.05, 4.69) is 62.5 Å². The van der Waals surface area contributed by atoms with Crippen LogP contribution in [0.2, 0.25) is 0 Å². The average molecular weight is 645 g/mol. The maximum atomic E-state index is 12.2. The van der Waals surface area contributed by atoms with Gasteiger partial charge >= 0.3 is 11.9 Å². The maximum Gasteiger partial charge on any atom is 0.306 e. The fourth-order valence-corrected chi connectivity index (χ4v) is 5.21. The number of allylic oxidation sites excluding steroid dienone is 8. The number of unbranched alkanes of at least 4 members (excludes halogenated alkanes) is 18. The van der Waals surface area contributed by atoms with Gasteiger partial charge < -0.3 is 14.6 Å². The predicted octanol–water partition coefficient (Wildman–Crippen LogP) is 11.8. The van der Waals surface area contributed by atoms with E-state index in [-0.39, 0.29) is 25.2 Å². The molecule has 0 rings (SSSR count). The molecule has 0 spiro atoms. The van der Waals surface area contributed by atoms with Crippen LogP contribution in [0.3, 0.4) is 0 Å². The summed E-state index contributed by atoms with van der Waals surface area (Å²) in [4.78, 5) is 24.2. The van der Waals surface area contributed by atoms with Gasteiger partial charge in [0.15, 0.2) is 6.10 Å². The lowest BCUT2D eigenvalue weighted by molar-refractivity contribution is -0.161. The van der Waals surface area contributed by atoms with Crippen LogP contribution in [0.1, 0.15) is 181 Å². The van der Waals surface area contributed by atoms with Gasteiger partial charge in [-0.15, -0.1) is 0 Å². The highest BCUT2D eigenvalue weighted by Gasteiger charge is 2.16. The monoisotopic (exact) mass is 645 g/mol. The predicted molar refractivity (Wildman–Crippen MR) is 196 cm³/mol. The van der Waals surface area contributed by atoms with Crippen molar-refractivity contribution in [1.29, 1.82) is 0 Å². The summed E-state index contributed by atoms with van der Waals surface area (Å²) in [7, 11) is 0. The fraction of sp³-hybridized carbons (Fsp3) is 0.756. The molecule has 0 aliphatic rings. The van der Waals surface area contributed by atoms with Crippen LogP contribution >= 0.6 is 0 Å². The molecule has 266 valence electrons. The van der Waals surface area contributed by atoms with E-state index in [0.29, 0.717) is 12.8 Å². The van der Waals surface area contributed by atoms with Gasteiger partial charge in [-0.1, -0.05) is 146 Å². The van der Waals surface area contributed by atoms with Crippen LogP contribution in [0.25, 0.3) is 0 Å². The van der Waals surface area contributed by atoms with Gasteiger partial charge in [0, 0.05) is 12.8 Å². The third kappa shape index (κ3) is 34.7. The van der Waals surface area contributed by atoms with Gasteiger partial charge in [0.25, 0.3) is 0 Å². The Morgan fingerprint density at radius 2 is 0.935 bits per heavy atom. The van der Waals surface area contributed by atoms with Crippen LogP contribution in [0, 0.1) is 0 Å². The van der Waals surface area contributed by atoms with Crippen molar-refractivity contribution in [2.45, 2.75) is 187 Å². The van der Waals surface area contributed by atoms with Crippen LogP contribution in [-0.2, 0) is 19.1 Å². The van der Waals surface area contributed by atoms with Crippen molar-refractivity contribution in [2.75, 3.05) is 13.2 Å². The number of rotatable bonds is 34. The van der Waals surface area contributed by atoms with Crippen molar-refractivity contribution < 1.29 is 24.2 Å². The normalized spacial score (nSPS) is 12.7. The molecule has 0 saturated carbocycles. The summed E-state index contributed by atoms with van der Waals surface area (Å²) >= 11 is 0. The second-order valence-electron chi connectivity index (χ2n) is 12.6. The Bertz CT molecular complexity index is 782. The van der Waals surface area contributed by atoms with Crippen molar-refractivity contribution in [1.82, 2.24) is 0 Å². The topological polar surface area (TPSA) is 72.8 Å². The standard InChI is InChI=1S/C41H72O5/c1-3-5-7-9-11-13-15-17-19-20-22-24-26-28-30-32-34-36-41(44)46-39(37-42)38-45-40(43)35-33-31-29-27-25-23-21-18-16-14-12-10-8-6-4-2/h6,8,12,14,17-19,21,39,42H,3-5,7,9-11,13,15-16,20,22-38H2,1-2H3/b8-6+,14-12+,19-17+,21-18+/t39-/m0/s1. The van der Waals surface area contributed by atoms with Crippen LogP contribution < -0.4 is 0 Å². The molecule has 0 bridgehead atoms. The molecule has 1 N–H and O–H groups in total. The maximum absolute atomic E-state index is 12.2. The Kier molecular flexibility index (Phi) is 35.6. The Morgan fingerprint density at radius 3 is 1.43 bits per heavy atom. The van der Waals surface area contributed by atoms with E-state index in [9.17, 15) is 14.7 Å². The van der Waals surface area contributed by atoms with E-state index in [1.165, 1.54) is 83.5 Å². The fourth-order valence-electron chi connectivity index (χ4n) is 5.21. The molecule has 1 atom stereocenters. The van der Waals surface area contributed by atoms with E-state index in [0.717, 1.165) is 70.6 Å². The van der Waals surface area contributed by atoms with E-state index in [4.69, 9.17) is 9.47 Å². The van der Waals surface area contributed by atoms with Gasteiger partial charge in [-0.2, -0.15) is 0 Å².